The molecule has 1 heterocycles. The van der Waals surface area contributed by atoms with Crippen LogP contribution in [-0.4, -0.2) is 15.5 Å². The van der Waals surface area contributed by atoms with Crippen LogP contribution in [0.1, 0.15) is 5.56 Å². The summed E-state index contributed by atoms with van der Waals surface area (Å²) in [5.41, 5.74) is 7.46. The molecule has 1 aromatic heterocycles. The van der Waals surface area contributed by atoms with Gasteiger partial charge in [-0.25, -0.2) is 4.98 Å². The van der Waals surface area contributed by atoms with E-state index in [0.29, 0.717) is 11.4 Å². The van der Waals surface area contributed by atoms with Gasteiger partial charge in [0.1, 0.15) is 6.54 Å². The van der Waals surface area contributed by atoms with Crippen LogP contribution < -0.4 is 16.6 Å². The molecule has 0 aliphatic carbocycles. The van der Waals surface area contributed by atoms with Crippen molar-refractivity contribution in [2.45, 2.75) is 13.5 Å². The minimum Gasteiger partial charge on any atom is -0.397 e. The maximum Gasteiger partial charge on any atom is 0.253 e. The van der Waals surface area contributed by atoms with E-state index in [-0.39, 0.29) is 18.0 Å². The number of aryl methyl sites for hydroxylation is 1. The highest BCUT2D eigenvalue weighted by atomic mass is 16.2. The number of aromatic nitrogens is 2. The molecule has 98 valence electrons. The van der Waals surface area contributed by atoms with Gasteiger partial charge in [0.25, 0.3) is 5.56 Å². The summed E-state index contributed by atoms with van der Waals surface area (Å²) in [5, 5.41) is 2.70. The third-order valence-electron chi connectivity index (χ3n) is 2.68. The lowest BCUT2D eigenvalue weighted by Crippen LogP contribution is -2.27. The van der Waals surface area contributed by atoms with Crippen LogP contribution in [0.4, 0.5) is 11.4 Å². The van der Waals surface area contributed by atoms with Crippen molar-refractivity contribution in [2.75, 3.05) is 11.1 Å². The number of nitrogen functional groups attached to an aromatic ring is 1. The fourth-order valence-electron chi connectivity index (χ4n) is 1.69. The number of nitrogens with one attached hydrogen (secondary N) is 1. The Balaban J connectivity index is 2.15. The molecule has 0 bridgehead atoms. The van der Waals surface area contributed by atoms with Crippen LogP contribution in [0.5, 0.6) is 0 Å². The van der Waals surface area contributed by atoms with Crippen LogP contribution >= 0.6 is 0 Å². The molecule has 0 saturated carbocycles. The molecule has 6 nitrogen and oxygen atoms in total. The number of para-hydroxylation sites is 1. The van der Waals surface area contributed by atoms with Crippen molar-refractivity contribution < 1.29 is 4.79 Å². The van der Waals surface area contributed by atoms with E-state index in [0.717, 1.165) is 5.56 Å². The van der Waals surface area contributed by atoms with Crippen molar-refractivity contribution in [2.24, 2.45) is 0 Å². The topological polar surface area (TPSA) is 90.0 Å². The average molecular weight is 258 g/mol. The molecule has 2 aromatic rings. The zero-order valence-corrected chi connectivity index (χ0v) is 10.5. The summed E-state index contributed by atoms with van der Waals surface area (Å²) in [7, 11) is 0. The fourth-order valence-corrected chi connectivity index (χ4v) is 1.69. The zero-order chi connectivity index (χ0) is 13.8. The maximum absolute atomic E-state index is 11.9. The van der Waals surface area contributed by atoms with Crippen molar-refractivity contribution in [1.29, 1.82) is 0 Å². The number of hydrogen-bond acceptors (Lipinski definition) is 4. The third-order valence-corrected chi connectivity index (χ3v) is 2.68. The second-order valence-corrected chi connectivity index (χ2v) is 4.13. The Morgan fingerprint density at radius 3 is 2.89 bits per heavy atom. The first kappa shape index (κ1) is 12.8. The van der Waals surface area contributed by atoms with Crippen LogP contribution in [0, 0.1) is 6.92 Å². The molecule has 0 aliphatic rings. The van der Waals surface area contributed by atoms with Gasteiger partial charge in [0.05, 0.1) is 17.7 Å². The van der Waals surface area contributed by atoms with E-state index in [1.165, 1.54) is 23.2 Å². The zero-order valence-electron chi connectivity index (χ0n) is 10.5. The van der Waals surface area contributed by atoms with Gasteiger partial charge in [-0.05, 0) is 18.6 Å². The predicted molar refractivity (Wildman–Crippen MR) is 72.7 cm³/mol. The van der Waals surface area contributed by atoms with Crippen LogP contribution in [0.15, 0.2) is 41.6 Å². The van der Waals surface area contributed by atoms with Crippen molar-refractivity contribution >= 4 is 17.3 Å². The van der Waals surface area contributed by atoms with Gasteiger partial charge < -0.3 is 11.1 Å². The summed E-state index contributed by atoms with van der Waals surface area (Å²) in [6.45, 7) is 1.75. The largest absolute Gasteiger partial charge is 0.397 e. The second kappa shape index (κ2) is 5.34. The van der Waals surface area contributed by atoms with Crippen molar-refractivity contribution in [3.63, 3.8) is 0 Å². The first-order chi connectivity index (χ1) is 9.08. The number of rotatable bonds is 3. The summed E-state index contributed by atoms with van der Waals surface area (Å²) >= 11 is 0. The smallest absolute Gasteiger partial charge is 0.253 e. The molecule has 0 saturated heterocycles. The standard InChI is InChI=1S/C13H14N4O2/c1-9-3-2-4-10(14)13(9)16-11(18)7-17-8-15-6-5-12(17)19/h2-6,8H,7,14H2,1H3,(H,16,18). The molecule has 0 radical (unpaired) electrons. The quantitative estimate of drug-likeness (QED) is 0.796. The van der Waals surface area contributed by atoms with Crippen molar-refractivity contribution in [3.8, 4) is 0 Å². The molecule has 0 atom stereocenters. The van der Waals surface area contributed by atoms with E-state index < -0.39 is 0 Å². The maximum atomic E-state index is 11.9. The lowest BCUT2D eigenvalue weighted by Gasteiger charge is -2.11. The van der Waals surface area contributed by atoms with Crippen LogP contribution in [0.2, 0.25) is 0 Å². The van der Waals surface area contributed by atoms with Gasteiger partial charge in [-0.1, -0.05) is 12.1 Å². The Bertz CT molecular complexity index is 643. The summed E-state index contributed by atoms with van der Waals surface area (Å²) in [5.74, 6) is -0.323. The summed E-state index contributed by atoms with van der Waals surface area (Å²) in [4.78, 5) is 27.1. The van der Waals surface area contributed by atoms with Crippen molar-refractivity contribution in [3.05, 3.63) is 52.7 Å². The summed E-state index contributed by atoms with van der Waals surface area (Å²) < 4.78 is 1.23. The van der Waals surface area contributed by atoms with E-state index in [2.05, 4.69) is 10.3 Å². The van der Waals surface area contributed by atoms with E-state index >= 15 is 0 Å². The molecule has 0 aliphatic heterocycles. The molecule has 2 rings (SSSR count). The molecule has 1 amide bonds. The molecule has 0 fully saturated rings. The Hall–Kier alpha value is -2.63. The molecule has 3 N–H and O–H groups in total. The summed E-state index contributed by atoms with van der Waals surface area (Å²) in [6.07, 6.45) is 2.71. The van der Waals surface area contributed by atoms with Crippen LogP contribution in [0.25, 0.3) is 0 Å². The highest BCUT2D eigenvalue weighted by molar-refractivity contribution is 5.94. The van der Waals surface area contributed by atoms with E-state index in [1.54, 1.807) is 6.07 Å². The SMILES string of the molecule is Cc1cccc(N)c1NC(=O)Cn1cnccc1=O. The van der Waals surface area contributed by atoms with E-state index in [9.17, 15) is 9.59 Å². The predicted octanol–water partition coefficient (Wildman–Crippen LogP) is 0.773. The normalized spacial score (nSPS) is 10.2. The Morgan fingerprint density at radius 1 is 1.42 bits per heavy atom. The van der Waals surface area contributed by atoms with Gasteiger partial charge in [0.15, 0.2) is 0 Å². The second-order valence-electron chi connectivity index (χ2n) is 4.13. The van der Waals surface area contributed by atoms with Crippen molar-refractivity contribution in [1.82, 2.24) is 9.55 Å². The lowest BCUT2D eigenvalue weighted by atomic mass is 10.1. The lowest BCUT2D eigenvalue weighted by molar-refractivity contribution is -0.116. The Labute approximate surface area is 109 Å². The molecular weight excluding hydrogens is 244 g/mol. The fraction of sp³-hybridized carbons (Fsp3) is 0.154. The number of benzene rings is 1. The Kier molecular flexibility index (Phi) is 3.61. The van der Waals surface area contributed by atoms with Gasteiger partial charge >= 0.3 is 0 Å². The number of hydrogen-bond donors (Lipinski definition) is 2. The number of nitrogens with zero attached hydrogens (tertiary/aromatic N) is 2. The number of anilines is 2. The van der Waals surface area contributed by atoms with E-state index in [1.807, 2.05) is 19.1 Å². The van der Waals surface area contributed by atoms with Gasteiger partial charge in [-0.3, -0.25) is 14.2 Å². The van der Waals surface area contributed by atoms with Gasteiger partial charge in [-0.15, -0.1) is 0 Å². The molecule has 0 spiro atoms. The monoisotopic (exact) mass is 258 g/mol. The minimum atomic E-state index is -0.323. The first-order valence-electron chi connectivity index (χ1n) is 5.73. The molecule has 6 heteroatoms. The Morgan fingerprint density at radius 2 is 2.21 bits per heavy atom. The number of carbonyl (C=O) groups excluding carboxylic acids is 1. The summed E-state index contributed by atoms with van der Waals surface area (Å²) in [6, 6.07) is 6.67. The molecular formula is C13H14N4O2. The highest BCUT2D eigenvalue weighted by Crippen LogP contribution is 2.22. The molecule has 0 unspecified atom stereocenters. The van der Waals surface area contributed by atoms with Crippen LogP contribution in [-0.2, 0) is 11.3 Å². The number of amides is 1. The molecule has 1 aromatic carbocycles. The number of nitrogens with two attached hydrogens (primary N) is 1. The average Bonchev–Trinajstić information content (AvgIpc) is 2.37. The third kappa shape index (κ3) is 2.98. The number of carbonyl (C=O) groups is 1. The van der Waals surface area contributed by atoms with Gasteiger partial charge in [0, 0.05) is 12.3 Å². The molecule has 19 heavy (non-hydrogen) atoms. The van der Waals surface area contributed by atoms with Crippen LogP contribution in [0.3, 0.4) is 0 Å². The minimum absolute atomic E-state index is 0.0968. The van der Waals surface area contributed by atoms with Gasteiger partial charge in [-0.2, -0.15) is 0 Å². The highest BCUT2D eigenvalue weighted by Gasteiger charge is 2.08. The first-order valence-corrected chi connectivity index (χ1v) is 5.73. The van der Waals surface area contributed by atoms with E-state index in [4.69, 9.17) is 5.73 Å². The van der Waals surface area contributed by atoms with Gasteiger partial charge in [0.2, 0.25) is 5.91 Å².